The largest absolute Gasteiger partial charge is 0.460 e. The number of pyridine rings is 1. The monoisotopic (exact) mass is 405 g/mol. The molecular weight excluding hydrogens is 386 g/mol. The summed E-state index contributed by atoms with van der Waals surface area (Å²) in [6.07, 6.45) is 1.08. The third-order valence-electron chi connectivity index (χ3n) is 5.79. The van der Waals surface area contributed by atoms with Crippen LogP contribution in [0.1, 0.15) is 43.7 Å². The molecule has 1 aliphatic carbocycles. The van der Waals surface area contributed by atoms with E-state index in [1.165, 1.54) is 0 Å². The fourth-order valence-corrected chi connectivity index (χ4v) is 4.67. The molecule has 4 nitrogen and oxygen atoms in total. The van der Waals surface area contributed by atoms with Gasteiger partial charge >= 0.3 is 0 Å². The summed E-state index contributed by atoms with van der Waals surface area (Å²) < 4.78 is 6.32. The Morgan fingerprint density at radius 1 is 1.03 bits per heavy atom. The summed E-state index contributed by atoms with van der Waals surface area (Å²) in [5, 5.41) is 1.45. The molecular formula is C24H20ClNO3. The number of hydrogen-bond acceptors (Lipinski definition) is 3. The number of H-pyrrole nitrogens is 1. The van der Waals surface area contributed by atoms with E-state index in [1.54, 1.807) is 12.1 Å². The third kappa shape index (κ3) is 2.90. The van der Waals surface area contributed by atoms with Gasteiger partial charge < -0.3 is 9.72 Å². The maximum Gasteiger partial charge on any atom is 0.256 e. The van der Waals surface area contributed by atoms with Gasteiger partial charge in [-0.25, -0.2) is 0 Å². The smallest absolute Gasteiger partial charge is 0.256 e. The van der Waals surface area contributed by atoms with Crippen molar-refractivity contribution in [2.24, 2.45) is 5.41 Å². The SMILES string of the molecule is CC1(C)CC(=O)C2=C(C1)Oc1c(c(=O)[nH]c3ccccc13)C2c1ccc(Cl)cc1. The van der Waals surface area contributed by atoms with E-state index in [0.717, 1.165) is 16.5 Å². The normalized spacial score (nSPS) is 20.2. The van der Waals surface area contributed by atoms with Gasteiger partial charge in [0.05, 0.1) is 17.0 Å². The molecule has 1 N–H and O–H groups in total. The summed E-state index contributed by atoms with van der Waals surface area (Å²) >= 11 is 6.09. The van der Waals surface area contributed by atoms with E-state index in [4.69, 9.17) is 16.3 Å². The molecule has 29 heavy (non-hydrogen) atoms. The summed E-state index contributed by atoms with van der Waals surface area (Å²) in [5.74, 6) is 0.792. The lowest BCUT2D eigenvalue weighted by Gasteiger charge is -2.38. The molecule has 0 bridgehead atoms. The molecule has 0 radical (unpaired) electrons. The van der Waals surface area contributed by atoms with E-state index in [9.17, 15) is 9.59 Å². The number of halogens is 1. The third-order valence-corrected chi connectivity index (χ3v) is 6.05. The molecule has 5 heteroatoms. The van der Waals surface area contributed by atoms with Crippen LogP contribution in [-0.4, -0.2) is 10.8 Å². The van der Waals surface area contributed by atoms with Crippen LogP contribution in [0, 0.1) is 5.41 Å². The topological polar surface area (TPSA) is 59.2 Å². The number of aromatic amines is 1. The van der Waals surface area contributed by atoms with Crippen LogP contribution in [0.2, 0.25) is 5.02 Å². The molecule has 2 aliphatic rings. The minimum atomic E-state index is -0.469. The highest BCUT2D eigenvalue weighted by molar-refractivity contribution is 6.30. The average Bonchev–Trinajstić information content (AvgIpc) is 2.66. The van der Waals surface area contributed by atoms with Crippen molar-refractivity contribution in [2.75, 3.05) is 0 Å². The fourth-order valence-electron chi connectivity index (χ4n) is 4.55. The Labute approximate surface area is 173 Å². The fraction of sp³-hybridized carbons (Fsp3) is 0.250. The Hall–Kier alpha value is -2.85. The van der Waals surface area contributed by atoms with Crippen LogP contribution in [0.3, 0.4) is 0 Å². The summed E-state index contributed by atoms with van der Waals surface area (Å²) in [5.41, 5.74) is 2.24. The molecule has 1 atom stereocenters. The van der Waals surface area contributed by atoms with Crippen LogP contribution in [0.4, 0.5) is 0 Å². The zero-order valence-electron chi connectivity index (χ0n) is 16.2. The molecule has 146 valence electrons. The van der Waals surface area contributed by atoms with Crippen molar-refractivity contribution < 1.29 is 9.53 Å². The van der Waals surface area contributed by atoms with Crippen molar-refractivity contribution in [3.8, 4) is 5.75 Å². The van der Waals surface area contributed by atoms with Crippen LogP contribution in [0.5, 0.6) is 5.75 Å². The molecule has 0 spiro atoms. The van der Waals surface area contributed by atoms with Gasteiger partial charge in [-0.2, -0.15) is 0 Å². The molecule has 1 unspecified atom stereocenters. The standard InChI is InChI=1S/C24H20ClNO3/c1-24(2)11-17(27)20-18(12-24)29-22-15-5-3-4-6-16(15)26-23(28)21(22)19(20)13-7-9-14(25)10-8-13/h3-10,19H,11-12H2,1-2H3,(H,26,28). The molecule has 5 rings (SSSR count). The van der Waals surface area contributed by atoms with Gasteiger partial charge in [0.15, 0.2) is 5.78 Å². The number of rotatable bonds is 1. The lowest BCUT2D eigenvalue weighted by atomic mass is 9.70. The molecule has 3 aromatic rings. The van der Waals surface area contributed by atoms with Crippen LogP contribution in [0.15, 0.2) is 64.7 Å². The van der Waals surface area contributed by atoms with Crippen molar-refractivity contribution in [2.45, 2.75) is 32.6 Å². The first kappa shape index (κ1) is 18.2. The highest BCUT2D eigenvalue weighted by atomic mass is 35.5. The van der Waals surface area contributed by atoms with E-state index < -0.39 is 5.92 Å². The van der Waals surface area contributed by atoms with Crippen molar-refractivity contribution in [1.82, 2.24) is 4.98 Å². The van der Waals surface area contributed by atoms with Crippen molar-refractivity contribution in [1.29, 1.82) is 0 Å². The van der Waals surface area contributed by atoms with Gasteiger partial charge in [0, 0.05) is 28.8 Å². The molecule has 2 aromatic carbocycles. The summed E-state index contributed by atoms with van der Waals surface area (Å²) in [4.78, 5) is 29.3. The predicted molar refractivity (Wildman–Crippen MR) is 114 cm³/mol. The quantitative estimate of drug-likeness (QED) is 0.593. The first-order chi connectivity index (χ1) is 13.8. The number of Topliss-reactive ketones (excluding diaryl/α,β-unsaturated/α-hetero) is 1. The van der Waals surface area contributed by atoms with E-state index >= 15 is 0 Å². The highest BCUT2D eigenvalue weighted by Crippen LogP contribution is 2.50. The Morgan fingerprint density at radius 3 is 2.52 bits per heavy atom. The van der Waals surface area contributed by atoms with Gasteiger partial charge in [0.1, 0.15) is 11.5 Å². The highest BCUT2D eigenvalue weighted by Gasteiger charge is 2.43. The number of hydrogen-bond donors (Lipinski definition) is 1. The average molecular weight is 406 g/mol. The number of carbonyl (C=O) groups is 1. The van der Waals surface area contributed by atoms with Crippen LogP contribution < -0.4 is 10.3 Å². The number of allylic oxidation sites excluding steroid dienone is 2. The van der Waals surface area contributed by atoms with E-state index in [1.807, 2.05) is 36.4 Å². The lowest BCUT2D eigenvalue weighted by Crippen LogP contribution is -2.35. The van der Waals surface area contributed by atoms with Crippen molar-refractivity contribution in [3.05, 3.63) is 86.4 Å². The Kier molecular flexibility index (Phi) is 3.97. The summed E-state index contributed by atoms with van der Waals surface area (Å²) in [7, 11) is 0. The van der Waals surface area contributed by atoms with Gasteiger partial charge in [-0.15, -0.1) is 0 Å². The second-order valence-electron chi connectivity index (χ2n) is 8.61. The van der Waals surface area contributed by atoms with Gasteiger partial charge in [0.2, 0.25) is 0 Å². The van der Waals surface area contributed by atoms with Gasteiger partial charge in [0.25, 0.3) is 5.56 Å². The minimum absolute atomic E-state index is 0.0365. The van der Waals surface area contributed by atoms with Crippen molar-refractivity contribution >= 4 is 28.3 Å². The molecule has 1 aliphatic heterocycles. The number of ether oxygens (including phenoxy) is 1. The number of para-hydroxylation sites is 1. The maximum absolute atomic E-state index is 13.2. The second kappa shape index (κ2) is 6.33. The van der Waals surface area contributed by atoms with Gasteiger partial charge in [-0.1, -0.05) is 49.7 Å². The first-order valence-corrected chi connectivity index (χ1v) is 10.1. The number of ketones is 1. The first-order valence-electron chi connectivity index (χ1n) is 9.68. The predicted octanol–water partition coefficient (Wildman–Crippen LogP) is 5.35. The van der Waals surface area contributed by atoms with E-state index in [0.29, 0.717) is 40.5 Å². The molecule has 0 amide bonds. The molecule has 2 heterocycles. The summed E-state index contributed by atoms with van der Waals surface area (Å²) in [6.45, 7) is 4.14. The van der Waals surface area contributed by atoms with Crippen LogP contribution in [0.25, 0.3) is 10.9 Å². The van der Waals surface area contributed by atoms with Crippen LogP contribution in [-0.2, 0) is 4.79 Å². The molecule has 1 aromatic heterocycles. The second-order valence-corrected chi connectivity index (χ2v) is 9.04. The number of aromatic nitrogens is 1. The molecule has 0 saturated heterocycles. The van der Waals surface area contributed by atoms with Gasteiger partial charge in [-0.05, 0) is 35.2 Å². The lowest BCUT2D eigenvalue weighted by molar-refractivity contribution is -0.118. The number of nitrogens with one attached hydrogen (secondary N) is 1. The van der Waals surface area contributed by atoms with Crippen LogP contribution >= 0.6 is 11.6 Å². The summed E-state index contributed by atoms with van der Waals surface area (Å²) in [6, 6.07) is 14.9. The number of fused-ring (bicyclic) bond motifs is 3. The Balaban J connectivity index is 1.84. The zero-order chi connectivity index (χ0) is 20.3. The van der Waals surface area contributed by atoms with E-state index in [-0.39, 0.29) is 16.8 Å². The Morgan fingerprint density at radius 2 is 1.76 bits per heavy atom. The minimum Gasteiger partial charge on any atom is -0.460 e. The Bertz CT molecular complexity index is 1250. The number of benzene rings is 2. The zero-order valence-corrected chi connectivity index (χ0v) is 17.0. The molecule has 0 fully saturated rings. The number of carbonyl (C=O) groups excluding carboxylic acids is 1. The van der Waals surface area contributed by atoms with Gasteiger partial charge in [-0.3, -0.25) is 9.59 Å². The van der Waals surface area contributed by atoms with Crippen molar-refractivity contribution in [3.63, 3.8) is 0 Å². The maximum atomic E-state index is 13.2. The molecule has 0 saturated carbocycles. The van der Waals surface area contributed by atoms with E-state index in [2.05, 4.69) is 18.8 Å².